The van der Waals surface area contributed by atoms with Crippen LogP contribution in [0.4, 0.5) is 0 Å². The average molecular weight is 437 g/mol. The maximum atomic E-state index is 13.4. The molecule has 0 fully saturated rings. The SMILES string of the molecule is CCC1(O)C(=O)OCc2c1cc1n(c2=O)Cc2c-1nc1ccc(O)cc1c2[Si](C)(C)C. The predicted octanol–water partition coefficient (Wildman–Crippen LogP) is 2.33. The van der Waals surface area contributed by atoms with E-state index in [0.29, 0.717) is 29.1 Å². The van der Waals surface area contributed by atoms with Crippen molar-refractivity contribution in [3.63, 3.8) is 0 Å². The normalized spacial score (nSPS) is 19.7. The van der Waals surface area contributed by atoms with Crippen molar-refractivity contribution >= 4 is 30.1 Å². The van der Waals surface area contributed by atoms with E-state index in [-0.39, 0.29) is 24.3 Å². The number of aromatic hydroxyl groups is 1. The van der Waals surface area contributed by atoms with Crippen molar-refractivity contribution in [1.29, 1.82) is 0 Å². The molecule has 7 nitrogen and oxygen atoms in total. The smallest absolute Gasteiger partial charge is 0.343 e. The largest absolute Gasteiger partial charge is 0.508 e. The molecule has 1 atom stereocenters. The molecule has 2 aliphatic rings. The van der Waals surface area contributed by atoms with Gasteiger partial charge in [-0.2, -0.15) is 0 Å². The second-order valence-corrected chi connectivity index (χ2v) is 14.4. The van der Waals surface area contributed by atoms with Gasteiger partial charge in [0.2, 0.25) is 0 Å². The number of aromatic nitrogens is 2. The highest BCUT2D eigenvalue weighted by atomic mass is 28.3. The first kappa shape index (κ1) is 20.0. The van der Waals surface area contributed by atoms with Crippen LogP contribution in [0, 0.1) is 0 Å². The Kier molecular flexibility index (Phi) is 4.04. The second-order valence-electron chi connectivity index (χ2n) is 9.37. The number of aliphatic hydroxyl groups is 1. The summed E-state index contributed by atoms with van der Waals surface area (Å²) in [6, 6.07) is 6.87. The van der Waals surface area contributed by atoms with E-state index in [2.05, 4.69) is 19.6 Å². The van der Waals surface area contributed by atoms with Crippen LogP contribution in [-0.2, 0) is 28.3 Å². The first-order chi connectivity index (χ1) is 14.6. The zero-order chi connectivity index (χ0) is 22.3. The standard InChI is InChI=1S/C23H24N2O5Si/c1-5-23(29)16-9-18-19-14(10-25(18)21(27)15(16)11-30-22(23)28)20(31(2,3)4)13-8-12(26)6-7-17(13)24-19/h6-9,26,29H,5,10-11H2,1-4H3. The number of rotatable bonds is 2. The number of ether oxygens (including phenoxy) is 1. The fourth-order valence-corrected chi connectivity index (χ4v) is 7.04. The van der Waals surface area contributed by atoms with E-state index in [1.54, 1.807) is 35.8 Å². The summed E-state index contributed by atoms with van der Waals surface area (Å²) in [6.07, 6.45) is 0.110. The number of esters is 1. The Morgan fingerprint density at radius 3 is 2.61 bits per heavy atom. The van der Waals surface area contributed by atoms with Crippen molar-refractivity contribution in [2.45, 2.75) is 51.7 Å². The van der Waals surface area contributed by atoms with E-state index >= 15 is 0 Å². The van der Waals surface area contributed by atoms with Crippen molar-refractivity contribution in [1.82, 2.24) is 9.55 Å². The van der Waals surface area contributed by atoms with E-state index < -0.39 is 19.6 Å². The maximum Gasteiger partial charge on any atom is 0.343 e. The van der Waals surface area contributed by atoms with Crippen molar-refractivity contribution in [3.8, 4) is 17.1 Å². The molecule has 8 heteroatoms. The minimum Gasteiger partial charge on any atom is -0.508 e. The third kappa shape index (κ3) is 2.64. The highest BCUT2D eigenvalue weighted by Gasteiger charge is 2.45. The van der Waals surface area contributed by atoms with Crippen molar-refractivity contribution in [3.05, 3.63) is 51.3 Å². The van der Waals surface area contributed by atoms with Crippen molar-refractivity contribution < 1.29 is 19.7 Å². The van der Waals surface area contributed by atoms with E-state index in [4.69, 9.17) is 9.72 Å². The number of cyclic esters (lactones) is 1. The lowest BCUT2D eigenvalue weighted by Gasteiger charge is -2.31. The van der Waals surface area contributed by atoms with Crippen LogP contribution >= 0.6 is 0 Å². The molecule has 2 N–H and O–H groups in total. The summed E-state index contributed by atoms with van der Waals surface area (Å²) in [4.78, 5) is 30.6. The molecule has 5 rings (SSSR count). The zero-order valence-electron chi connectivity index (χ0n) is 17.9. The van der Waals surface area contributed by atoms with Crippen LogP contribution in [0.3, 0.4) is 0 Å². The number of phenols is 1. The van der Waals surface area contributed by atoms with E-state index in [1.807, 2.05) is 0 Å². The molecule has 160 valence electrons. The Labute approximate surface area is 179 Å². The molecule has 31 heavy (non-hydrogen) atoms. The molecule has 0 radical (unpaired) electrons. The molecule has 0 amide bonds. The lowest BCUT2D eigenvalue weighted by Crippen LogP contribution is -2.44. The Balaban J connectivity index is 1.87. The molecule has 0 saturated heterocycles. The lowest BCUT2D eigenvalue weighted by molar-refractivity contribution is -0.172. The molecule has 0 bridgehead atoms. The van der Waals surface area contributed by atoms with Gasteiger partial charge >= 0.3 is 5.97 Å². The van der Waals surface area contributed by atoms with Crippen LogP contribution in [0.25, 0.3) is 22.3 Å². The number of pyridine rings is 2. The summed E-state index contributed by atoms with van der Waals surface area (Å²) in [6.45, 7) is 8.60. The van der Waals surface area contributed by atoms with Gasteiger partial charge in [-0.1, -0.05) is 26.6 Å². The third-order valence-electron chi connectivity index (χ3n) is 6.42. The Morgan fingerprint density at radius 1 is 1.19 bits per heavy atom. The molecular weight excluding hydrogens is 412 g/mol. The van der Waals surface area contributed by atoms with Crippen LogP contribution in [0.5, 0.6) is 5.75 Å². The van der Waals surface area contributed by atoms with Gasteiger partial charge in [0.05, 0.1) is 37.1 Å². The topological polar surface area (TPSA) is 102 Å². The summed E-state index contributed by atoms with van der Waals surface area (Å²) in [5, 5.41) is 23.2. The fourth-order valence-electron chi connectivity index (χ4n) is 4.92. The third-order valence-corrected chi connectivity index (χ3v) is 8.49. The number of carbonyl (C=O) groups is 1. The van der Waals surface area contributed by atoms with Crippen LogP contribution < -0.4 is 10.7 Å². The summed E-state index contributed by atoms with van der Waals surface area (Å²) >= 11 is 0. The van der Waals surface area contributed by atoms with Gasteiger partial charge in [0.15, 0.2) is 5.60 Å². The average Bonchev–Trinajstić information content (AvgIpc) is 3.07. The lowest BCUT2D eigenvalue weighted by atomic mass is 9.86. The number of phenolic OH excluding ortho intramolecular Hbond substituents is 1. The molecule has 1 aromatic carbocycles. The first-order valence-corrected chi connectivity index (χ1v) is 13.9. The summed E-state index contributed by atoms with van der Waals surface area (Å²) < 4.78 is 6.80. The van der Waals surface area contributed by atoms with Gasteiger partial charge in [0.1, 0.15) is 12.4 Å². The predicted molar refractivity (Wildman–Crippen MR) is 119 cm³/mol. The van der Waals surface area contributed by atoms with E-state index in [9.17, 15) is 19.8 Å². The van der Waals surface area contributed by atoms with Crippen LogP contribution in [0.2, 0.25) is 19.6 Å². The minimum absolute atomic E-state index is 0.110. The fraction of sp³-hybridized carbons (Fsp3) is 0.348. The van der Waals surface area contributed by atoms with Gasteiger partial charge in [0.25, 0.3) is 5.56 Å². The van der Waals surface area contributed by atoms with Gasteiger partial charge in [-0.15, -0.1) is 0 Å². The monoisotopic (exact) mass is 436 g/mol. The Hall–Kier alpha value is -2.97. The zero-order valence-corrected chi connectivity index (χ0v) is 18.9. The maximum absolute atomic E-state index is 13.4. The Bertz CT molecular complexity index is 1360. The Morgan fingerprint density at radius 2 is 1.94 bits per heavy atom. The van der Waals surface area contributed by atoms with Crippen LogP contribution in [-0.4, -0.2) is 33.8 Å². The molecule has 2 aliphatic heterocycles. The number of carbonyl (C=O) groups excluding carboxylic acids is 1. The van der Waals surface area contributed by atoms with Crippen molar-refractivity contribution in [2.75, 3.05) is 0 Å². The van der Waals surface area contributed by atoms with Crippen LogP contribution in [0.1, 0.15) is 30.0 Å². The molecular formula is C23H24N2O5Si. The number of benzene rings is 1. The highest BCUT2D eigenvalue weighted by molar-refractivity contribution is 6.90. The van der Waals surface area contributed by atoms with E-state index in [0.717, 1.165) is 21.7 Å². The summed E-state index contributed by atoms with van der Waals surface area (Å²) in [5.74, 6) is -0.546. The number of nitrogens with zero attached hydrogens (tertiary/aromatic N) is 2. The summed E-state index contributed by atoms with van der Waals surface area (Å²) in [7, 11) is -1.91. The molecule has 0 aliphatic carbocycles. The van der Waals surface area contributed by atoms with Crippen molar-refractivity contribution in [2.24, 2.45) is 0 Å². The van der Waals surface area contributed by atoms with Gasteiger partial charge in [-0.05, 0) is 41.4 Å². The second kappa shape index (κ2) is 6.27. The number of hydrogen-bond acceptors (Lipinski definition) is 6. The quantitative estimate of drug-likeness (QED) is 0.369. The molecule has 3 aromatic rings. The number of fused-ring (bicyclic) bond motifs is 5. The first-order valence-electron chi connectivity index (χ1n) is 10.4. The molecule has 0 spiro atoms. The highest BCUT2D eigenvalue weighted by Crippen LogP contribution is 2.39. The van der Waals surface area contributed by atoms with Crippen LogP contribution in [0.15, 0.2) is 29.1 Å². The van der Waals surface area contributed by atoms with Gasteiger partial charge in [-0.3, -0.25) is 4.79 Å². The minimum atomic E-state index is -1.91. The van der Waals surface area contributed by atoms with Gasteiger partial charge in [-0.25, -0.2) is 9.78 Å². The van der Waals surface area contributed by atoms with Gasteiger partial charge in [0, 0.05) is 10.9 Å². The number of hydrogen-bond donors (Lipinski definition) is 2. The van der Waals surface area contributed by atoms with E-state index in [1.165, 1.54) is 0 Å². The molecule has 4 heterocycles. The molecule has 0 saturated carbocycles. The summed E-state index contributed by atoms with van der Waals surface area (Å²) in [5.41, 5.74) is 1.56. The molecule has 1 unspecified atom stereocenters. The molecule has 2 aromatic heterocycles. The van der Waals surface area contributed by atoms with Gasteiger partial charge < -0.3 is 19.5 Å².